The third-order valence-corrected chi connectivity index (χ3v) is 3.53. The van der Waals surface area contributed by atoms with Gasteiger partial charge in [-0.3, -0.25) is 0 Å². The summed E-state index contributed by atoms with van der Waals surface area (Å²) in [5.74, 6) is -2.43. The Morgan fingerprint density at radius 3 is 2.25 bits per heavy atom. The molecule has 0 heterocycles. The molecule has 0 aliphatic heterocycles. The van der Waals surface area contributed by atoms with Gasteiger partial charge in [0.15, 0.2) is 0 Å². The molecule has 1 nitrogen and oxygen atoms in total. The quantitative estimate of drug-likeness (QED) is 0.899. The van der Waals surface area contributed by atoms with Gasteiger partial charge in [-0.1, -0.05) is 31.2 Å². The highest BCUT2D eigenvalue weighted by molar-refractivity contribution is 5.40. The summed E-state index contributed by atoms with van der Waals surface area (Å²) in [6, 6.07) is 7.82. The van der Waals surface area contributed by atoms with Crippen LogP contribution in [0.25, 0.3) is 0 Å². The van der Waals surface area contributed by atoms with Crippen molar-refractivity contribution in [2.75, 3.05) is 0 Å². The fourth-order valence-corrected chi connectivity index (χ4v) is 2.33. The summed E-state index contributed by atoms with van der Waals surface area (Å²) in [6.45, 7) is 3.02. The second kappa shape index (κ2) is 5.29. The average molecular weight is 280 g/mol. The van der Waals surface area contributed by atoms with Crippen LogP contribution < -0.4 is 0 Å². The Labute approximate surface area is 115 Å². The molecule has 0 saturated carbocycles. The fourth-order valence-electron chi connectivity index (χ4n) is 2.33. The highest BCUT2D eigenvalue weighted by Crippen LogP contribution is 2.38. The molecule has 0 spiro atoms. The van der Waals surface area contributed by atoms with Gasteiger partial charge in [0, 0.05) is 5.56 Å². The lowest BCUT2D eigenvalue weighted by molar-refractivity contribution is 0.0644. The predicted molar refractivity (Wildman–Crippen MR) is 70.8 cm³/mol. The maximum atomic E-state index is 14.2. The Morgan fingerprint density at radius 1 is 1.00 bits per heavy atom. The molecule has 0 saturated heterocycles. The normalized spacial score (nSPS) is 14.1. The molecule has 0 amide bonds. The first kappa shape index (κ1) is 14.6. The van der Waals surface area contributed by atoms with Gasteiger partial charge in [0.1, 0.15) is 23.1 Å². The highest BCUT2D eigenvalue weighted by Gasteiger charge is 2.37. The van der Waals surface area contributed by atoms with E-state index < -0.39 is 28.6 Å². The van der Waals surface area contributed by atoms with Gasteiger partial charge < -0.3 is 5.11 Å². The van der Waals surface area contributed by atoms with Gasteiger partial charge in [-0.15, -0.1) is 0 Å². The van der Waals surface area contributed by atoms with E-state index in [1.807, 2.05) is 0 Å². The van der Waals surface area contributed by atoms with Crippen LogP contribution in [0.2, 0.25) is 0 Å². The van der Waals surface area contributed by atoms with Crippen LogP contribution in [0.3, 0.4) is 0 Å². The maximum Gasteiger partial charge on any atom is 0.135 e. The highest BCUT2D eigenvalue weighted by atomic mass is 19.1. The fraction of sp³-hybridized carbons (Fsp3) is 0.250. The minimum Gasteiger partial charge on any atom is -0.380 e. The monoisotopic (exact) mass is 280 g/mol. The van der Waals surface area contributed by atoms with Crippen molar-refractivity contribution in [3.8, 4) is 0 Å². The van der Waals surface area contributed by atoms with Crippen LogP contribution in [0, 0.1) is 24.4 Å². The van der Waals surface area contributed by atoms with Gasteiger partial charge in [-0.25, -0.2) is 13.2 Å². The standard InChI is InChI=1S/C16H15F3O/c1-3-16(20,11-6-4-5-7-12(11)17)14-13(18)9-8-10(2)15(14)19/h4-9,20H,3H2,1-2H3. The van der Waals surface area contributed by atoms with Gasteiger partial charge in [0.05, 0.1) is 5.56 Å². The number of benzene rings is 2. The Balaban J connectivity index is 2.76. The molecule has 20 heavy (non-hydrogen) atoms. The topological polar surface area (TPSA) is 20.2 Å². The molecule has 2 rings (SSSR count). The molecule has 4 heteroatoms. The molecule has 1 atom stereocenters. The Kier molecular flexibility index (Phi) is 3.86. The van der Waals surface area contributed by atoms with Crippen molar-refractivity contribution in [3.63, 3.8) is 0 Å². The summed E-state index contributed by atoms with van der Waals surface area (Å²) in [4.78, 5) is 0. The van der Waals surface area contributed by atoms with E-state index in [0.717, 1.165) is 12.1 Å². The van der Waals surface area contributed by atoms with Gasteiger partial charge in [0.25, 0.3) is 0 Å². The summed E-state index contributed by atoms with van der Waals surface area (Å²) in [5, 5.41) is 10.7. The summed E-state index contributed by atoms with van der Waals surface area (Å²) >= 11 is 0. The minimum atomic E-state index is -2.04. The zero-order valence-corrected chi connectivity index (χ0v) is 11.3. The maximum absolute atomic E-state index is 14.2. The smallest absolute Gasteiger partial charge is 0.135 e. The van der Waals surface area contributed by atoms with E-state index >= 15 is 0 Å². The van der Waals surface area contributed by atoms with Crippen molar-refractivity contribution < 1.29 is 18.3 Å². The molecule has 106 valence electrons. The van der Waals surface area contributed by atoms with Crippen LogP contribution in [0.15, 0.2) is 36.4 Å². The van der Waals surface area contributed by atoms with Crippen LogP contribution >= 0.6 is 0 Å². The van der Waals surface area contributed by atoms with Crippen LogP contribution in [0.5, 0.6) is 0 Å². The zero-order valence-electron chi connectivity index (χ0n) is 11.3. The lowest BCUT2D eigenvalue weighted by Gasteiger charge is -2.29. The van der Waals surface area contributed by atoms with Crippen molar-refractivity contribution in [3.05, 3.63) is 70.5 Å². The van der Waals surface area contributed by atoms with Gasteiger partial charge >= 0.3 is 0 Å². The first-order chi connectivity index (χ1) is 9.41. The van der Waals surface area contributed by atoms with Gasteiger partial charge in [-0.2, -0.15) is 0 Å². The van der Waals surface area contributed by atoms with E-state index in [1.165, 1.54) is 31.2 Å². The van der Waals surface area contributed by atoms with E-state index in [9.17, 15) is 18.3 Å². The molecule has 2 aromatic rings. The third-order valence-electron chi connectivity index (χ3n) is 3.53. The molecule has 1 unspecified atom stereocenters. The number of aryl methyl sites for hydroxylation is 1. The molecule has 0 bridgehead atoms. The first-order valence-corrected chi connectivity index (χ1v) is 6.34. The van der Waals surface area contributed by atoms with E-state index in [2.05, 4.69) is 0 Å². The zero-order chi connectivity index (χ0) is 14.9. The van der Waals surface area contributed by atoms with Gasteiger partial charge in [0.2, 0.25) is 0 Å². The van der Waals surface area contributed by atoms with Crippen LogP contribution in [-0.4, -0.2) is 5.11 Å². The molecular weight excluding hydrogens is 265 g/mol. The van der Waals surface area contributed by atoms with Crippen LogP contribution in [0.4, 0.5) is 13.2 Å². The van der Waals surface area contributed by atoms with Crippen molar-refractivity contribution in [1.29, 1.82) is 0 Å². The van der Waals surface area contributed by atoms with E-state index in [0.29, 0.717) is 0 Å². The Morgan fingerprint density at radius 2 is 1.65 bits per heavy atom. The molecule has 0 fully saturated rings. The second-order valence-electron chi connectivity index (χ2n) is 4.75. The average Bonchev–Trinajstić information content (AvgIpc) is 2.43. The van der Waals surface area contributed by atoms with E-state index in [4.69, 9.17) is 0 Å². The second-order valence-corrected chi connectivity index (χ2v) is 4.75. The molecule has 0 aliphatic rings. The van der Waals surface area contributed by atoms with E-state index in [-0.39, 0.29) is 17.5 Å². The number of rotatable bonds is 3. The Hall–Kier alpha value is -1.81. The van der Waals surface area contributed by atoms with Gasteiger partial charge in [-0.05, 0) is 31.0 Å². The summed E-state index contributed by atoms with van der Waals surface area (Å²) < 4.78 is 42.2. The summed E-state index contributed by atoms with van der Waals surface area (Å²) in [7, 11) is 0. The summed E-state index contributed by atoms with van der Waals surface area (Å²) in [6.07, 6.45) is -0.0504. The van der Waals surface area contributed by atoms with Crippen molar-refractivity contribution in [1.82, 2.24) is 0 Å². The molecule has 0 aliphatic carbocycles. The Bertz CT molecular complexity index is 640. The predicted octanol–water partition coefficient (Wildman–Crippen LogP) is 4.06. The van der Waals surface area contributed by atoms with Crippen molar-refractivity contribution in [2.24, 2.45) is 0 Å². The van der Waals surface area contributed by atoms with Crippen molar-refractivity contribution >= 4 is 0 Å². The molecule has 1 N–H and O–H groups in total. The van der Waals surface area contributed by atoms with Crippen LogP contribution in [0.1, 0.15) is 30.0 Å². The molecule has 2 aromatic carbocycles. The minimum absolute atomic E-state index is 0.0504. The number of hydrogen-bond acceptors (Lipinski definition) is 1. The largest absolute Gasteiger partial charge is 0.380 e. The lowest BCUT2D eigenvalue weighted by atomic mass is 9.82. The summed E-state index contributed by atoms with van der Waals surface area (Å²) in [5.41, 5.74) is -2.48. The molecule has 0 aromatic heterocycles. The van der Waals surface area contributed by atoms with E-state index in [1.54, 1.807) is 6.92 Å². The third kappa shape index (κ3) is 2.20. The first-order valence-electron chi connectivity index (χ1n) is 6.34. The van der Waals surface area contributed by atoms with Crippen molar-refractivity contribution in [2.45, 2.75) is 25.9 Å². The SMILES string of the molecule is CCC(O)(c1ccccc1F)c1c(F)ccc(C)c1F. The number of aliphatic hydroxyl groups is 1. The lowest BCUT2D eigenvalue weighted by Crippen LogP contribution is -2.30. The number of hydrogen-bond donors (Lipinski definition) is 1. The number of halogens is 3. The molecule has 0 radical (unpaired) electrons. The van der Waals surface area contributed by atoms with Crippen LogP contribution in [-0.2, 0) is 5.60 Å². The molecular formula is C16H15F3O.